The molecule has 0 N–H and O–H groups in total. The zero-order chi connectivity index (χ0) is 16.0. The molecule has 1 aromatic carbocycles. The summed E-state index contributed by atoms with van der Waals surface area (Å²) in [5.41, 5.74) is 2.65. The van der Waals surface area contributed by atoms with E-state index in [-0.39, 0.29) is 0 Å². The molecule has 4 heteroatoms. The molecule has 4 nitrogen and oxygen atoms in total. The van der Waals surface area contributed by atoms with Gasteiger partial charge in [0.1, 0.15) is 0 Å². The smallest absolute Gasteiger partial charge is 0.195 e. The van der Waals surface area contributed by atoms with Crippen LogP contribution in [0.1, 0.15) is 25.0 Å². The SMILES string of the molecule is CC(C)N(C)Cc1ccccc1CN=C(N(C)C)N(C)C. The molecule has 0 spiro atoms. The first kappa shape index (κ1) is 17.5. The molecular weight excluding hydrogens is 260 g/mol. The Bertz CT molecular complexity index is 454. The Morgan fingerprint density at radius 2 is 1.48 bits per heavy atom. The van der Waals surface area contributed by atoms with E-state index in [1.807, 2.05) is 38.0 Å². The van der Waals surface area contributed by atoms with Gasteiger partial charge in [-0.2, -0.15) is 0 Å². The van der Waals surface area contributed by atoms with Crippen LogP contribution < -0.4 is 0 Å². The fourth-order valence-electron chi connectivity index (χ4n) is 2.16. The third kappa shape index (κ3) is 5.38. The minimum atomic E-state index is 0.542. The lowest BCUT2D eigenvalue weighted by Gasteiger charge is -2.24. The molecule has 1 aromatic rings. The highest BCUT2D eigenvalue weighted by Gasteiger charge is 2.09. The third-order valence-corrected chi connectivity index (χ3v) is 3.61. The van der Waals surface area contributed by atoms with E-state index in [9.17, 15) is 0 Å². The summed E-state index contributed by atoms with van der Waals surface area (Å²) < 4.78 is 0. The van der Waals surface area contributed by atoms with Crippen molar-refractivity contribution in [3.8, 4) is 0 Å². The molecule has 0 fully saturated rings. The van der Waals surface area contributed by atoms with Crippen LogP contribution in [0, 0.1) is 0 Å². The second kappa shape index (κ2) is 8.03. The largest absolute Gasteiger partial charge is 0.349 e. The highest BCUT2D eigenvalue weighted by atomic mass is 15.3. The van der Waals surface area contributed by atoms with Gasteiger partial charge in [0.05, 0.1) is 6.54 Å². The van der Waals surface area contributed by atoms with Gasteiger partial charge in [-0.05, 0) is 32.0 Å². The highest BCUT2D eigenvalue weighted by molar-refractivity contribution is 5.79. The number of guanidine groups is 1. The molecule has 0 heterocycles. The van der Waals surface area contributed by atoms with Gasteiger partial charge in [0.25, 0.3) is 0 Å². The average Bonchev–Trinajstić information content (AvgIpc) is 2.39. The van der Waals surface area contributed by atoms with E-state index in [2.05, 4.69) is 50.1 Å². The number of hydrogen-bond acceptors (Lipinski definition) is 2. The van der Waals surface area contributed by atoms with E-state index in [4.69, 9.17) is 4.99 Å². The van der Waals surface area contributed by atoms with E-state index in [0.29, 0.717) is 12.6 Å². The highest BCUT2D eigenvalue weighted by Crippen LogP contribution is 2.14. The number of hydrogen-bond donors (Lipinski definition) is 0. The maximum absolute atomic E-state index is 4.76. The normalized spacial score (nSPS) is 10.9. The zero-order valence-electron chi connectivity index (χ0n) is 14.6. The van der Waals surface area contributed by atoms with Gasteiger partial charge >= 0.3 is 0 Å². The molecule has 21 heavy (non-hydrogen) atoms. The molecule has 0 aliphatic heterocycles. The van der Waals surface area contributed by atoms with Crippen molar-refractivity contribution in [3.63, 3.8) is 0 Å². The van der Waals surface area contributed by atoms with Gasteiger partial charge in [-0.15, -0.1) is 0 Å². The fraction of sp³-hybridized carbons (Fsp3) is 0.588. The van der Waals surface area contributed by atoms with Gasteiger partial charge in [0.2, 0.25) is 0 Å². The predicted molar refractivity (Wildman–Crippen MR) is 91.6 cm³/mol. The van der Waals surface area contributed by atoms with E-state index < -0.39 is 0 Å². The van der Waals surface area contributed by atoms with Crippen molar-refractivity contribution in [2.75, 3.05) is 35.2 Å². The minimum absolute atomic E-state index is 0.542. The van der Waals surface area contributed by atoms with Crippen molar-refractivity contribution in [1.29, 1.82) is 0 Å². The molecule has 0 bridgehead atoms. The second-order valence-electron chi connectivity index (χ2n) is 6.18. The molecule has 0 saturated heterocycles. The Hall–Kier alpha value is -1.55. The van der Waals surface area contributed by atoms with Crippen LogP contribution in [0.4, 0.5) is 0 Å². The number of benzene rings is 1. The lowest BCUT2D eigenvalue weighted by Crippen LogP contribution is -2.35. The maximum atomic E-state index is 4.76. The molecular formula is C17H30N4. The summed E-state index contributed by atoms with van der Waals surface area (Å²) in [5.74, 6) is 0.988. The molecule has 0 aliphatic rings. The third-order valence-electron chi connectivity index (χ3n) is 3.61. The minimum Gasteiger partial charge on any atom is -0.349 e. The van der Waals surface area contributed by atoms with Crippen LogP contribution in [-0.2, 0) is 13.1 Å². The molecule has 0 saturated carbocycles. The first-order valence-electron chi connectivity index (χ1n) is 7.49. The number of rotatable bonds is 5. The van der Waals surface area contributed by atoms with Gasteiger partial charge in [0.15, 0.2) is 5.96 Å². The molecule has 0 radical (unpaired) electrons. The number of nitrogens with zero attached hydrogens (tertiary/aromatic N) is 4. The lowest BCUT2D eigenvalue weighted by atomic mass is 10.1. The van der Waals surface area contributed by atoms with Crippen molar-refractivity contribution in [1.82, 2.24) is 14.7 Å². The zero-order valence-corrected chi connectivity index (χ0v) is 14.6. The Balaban J connectivity index is 2.91. The standard InChI is InChI=1S/C17H30N4/c1-14(2)21(7)13-16-11-9-8-10-15(16)12-18-17(19(3)4)20(5)6/h8-11,14H,12-13H2,1-7H3. The monoisotopic (exact) mass is 290 g/mol. The summed E-state index contributed by atoms with van der Waals surface area (Å²) in [6.45, 7) is 6.12. The Labute approximate surface area is 130 Å². The fourth-order valence-corrected chi connectivity index (χ4v) is 2.16. The molecule has 0 aliphatic carbocycles. The van der Waals surface area contributed by atoms with E-state index >= 15 is 0 Å². The van der Waals surface area contributed by atoms with Crippen molar-refractivity contribution in [2.45, 2.75) is 33.0 Å². The first-order chi connectivity index (χ1) is 9.82. The van der Waals surface area contributed by atoms with Gasteiger partial charge in [-0.25, -0.2) is 4.99 Å². The van der Waals surface area contributed by atoms with Gasteiger partial charge < -0.3 is 9.80 Å². The van der Waals surface area contributed by atoms with E-state index in [1.54, 1.807) is 0 Å². The Morgan fingerprint density at radius 3 is 1.95 bits per heavy atom. The van der Waals surface area contributed by atoms with Crippen molar-refractivity contribution in [3.05, 3.63) is 35.4 Å². The van der Waals surface area contributed by atoms with E-state index in [1.165, 1.54) is 11.1 Å². The molecule has 0 aromatic heterocycles. The summed E-state index contributed by atoms with van der Waals surface area (Å²) in [6.07, 6.45) is 0. The Morgan fingerprint density at radius 1 is 0.952 bits per heavy atom. The molecule has 1 rings (SSSR count). The van der Waals surface area contributed by atoms with Crippen LogP contribution in [0.15, 0.2) is 29.3 Å². The first-order valence-corrected chi connectivity index (χ1v) is 7.49. The summed E-state index contributed by atoms with van der Waals surface area (Å²) in [4.78, 5) is 11.2. The second-order valence-corrected chi connectivity index (χ2v) is 6.18. The van der Waals surface area contributed by atoms with Crippen LogP contribution >= 0.6 is 0 Å². The van der Waals surface area contributed by atoms with Crippen LogP contribution in [0.3, 0.4) is 0 Å². The number of aliphatic imine (C=N–C) groups is 1. The summed E-state index contributed by atoms with van der Waals surface area (Å²) in [5, 5.41) is 0. The Kier molecular flexibility index (Phi) is 6.69. The maximum Gasteiger partial charge on any atom is 0.195 e. The summed E-state index contributed by atoms with van der Waals surface area (Å²) >= 11 is 0. The van der Waals surface area contributed by atoms with Crippen LogP contribution in [0.5, 0.6) is 0 Å². The molecule has 0 amide bonds. The summed E-state index contributed by atoms with van der Waals surface area (Å²) in [7, 11) is 10.3. The van der Waals surface area contributed by atoms with Gasteiger partial charge in [0, 0.05) is 40.8 Å². The van der Waals surface area contributed by atoms with Crippen LogP contribution in [0.25, 0.3) is 0 Å². The van der Waals surface area contributed by atoms with Crippen molar-refractivity contribution >= 4 is 5.96 Å². The van der Waals surface area contributed by atoms with Gasteiger partial charge in [-0.3, -0.25) is 4.90 Å². The van der Waals surface area contributed by atoms with Crippen molar-refractivity contribution < 1.29 is 0 Å². The molecule has 0 atom stereocenters. The van der Waals surface area contributed by atoms with E-state index in [0.717, 1.165) is 12.5 Å². The van der Waals surface area contributed by atoms with Gasteiger partial charge in [-0.1, -0.05) is 24.3 Å². The molecule has 118 valence electrons. The molecule has 0 unspecified atom stereocenters. The van der Waals surface area contributed by atoms with Crippen LogP contribution in [-0.4, -0.2) is 61.9 Å². The lowest BCUT2D eigenvalue weighted by molar-refractivity contribution is 0.265. The van der Waals surface area contributed by atoms with Crippen molar-refractivity contribution in [2.24, 2.45) is 4.99 Å². The average molecular weight is 290 g/mol. The quantitative estimate of drug-likeness (QED) is 0.614. The van der Waals surface area contributed by atoms with Crippen LogP contribution in [0.2, 0.25) is 0 Å². The topological polar surface area (TPSA) is 22.1 Å². The summed E-state index contributed by atoms with van der Waals surface area (Å²) in [6, 6.07) is 9.12. The predicted octanol–water partition coefficient (Wildman–Crippen LogP) is 2.51.